The van der Waals surface area contributed by atoms with Gasteiger partial charge in [-0.05, 0) is 6.92 Å². The third-order valence-corrected chi connectivity index (χ3v) is 1.75. The number of hydrogen-bond acceptors (Lipinski definition) is 5. The van der Waals surface area contributed by atoms with Crippen molar-refractivity contribution in [1.29, 1.82) is 0 Å². The van der Waals surface area contributed by atoms with Crippen molar-refractivity contribution in [3.05, 3.63) is 0 Å². The molecule has 0 aromatic rings. The summed E-state index contributed by atoms with van der Waals surface area (Å²) in [6, 6.07) is -1.94. The van der Waals surface area contributed by atoms with E-state index in [1.165, 1.54) is 0 Å². The van der Waals surface area contributed by atoms with Crippen molar-refractivity contribution < 1.29 is 33.9 Å². The first-order valence-electron chi connectivity index (χ1n) is 3.03. The molecule has 0 saturated carbocycles. The van der Waals surface area contributed by atoms with Gasteiger partial charge in [-0.3, -0.25) is 9.32 Å². The molecule has 0 aromatic heterocycles. The van der Waals surface area contributed by atoms with E-state index in [9.17, 15) is 9.36 Å². The zero-order valence-electron chi connectivity index (χ0n) is 6.62. The van der Waals surface area contributed by atoms with E-state index in [1.54, 1.807) is 0 Å². The summed E-state index contributed by atoms with van der Waals surface area (Å²) >= 11 is 0. The van der Waals surface area contributed by atoms with Gasteiger partial charge in [0.05, 0.1) is 0 Å². The number of carboxylic acids is 1. The molecule has 0 aromatic carbocycles. The summed E-state index contributed by atoms with van der Waals surface area (Å²) in [7, 11) is -4.97. The molecule has 0 aliphatic carbocycles. The maximum atomic E-state index is 10.2. The summed E-state index contributed by atoms with van der Waals surface area (Å²) < 4.78 is 14.0. The Morgan fingerprint density at radius 1 is 1.62 bits per heavy atom. The number of nitrogens with two attached hydrogens (primary N) is 1. The molecule has 0 amide bonds. The van der Waals surface area contributed by atoms with Crippen molar-refractivity contribution in [3.63, 3.8) is 0 Å². The van der Waals surface area contributed by atoms with Crippen LogP contribution in [0.25, 0.3) is 0 Å². The molecule has 0 fully saturated rings. The molecule has 0 heterocycles. The van der Waals surface area contributed by atoms with Crippen molar-refractivity contribution in [3.8, 4) is 0 Å². The molecule has 0 rings (SSSR count). The Hall–Kier alpha value is -0.500. The van der Waals surface area contributed by atoms with E-state index in [0.29, 0.717) is 0 Å². The minimum atomic E-state index is -4.97. The first-order chi connectivity index (χ1) is 5.56. The average molecular weight is 215 g/mol. The van der Waals surface area contributed by atoms with Crippen molar-refractivity contribution in [2.24, 2.45) is 5.73 Å². The van der Waals surface area contributed by atoms with Gasteiger partial charge in [-0.2, -0.15) is 0 Å². The lowest BCUT2D eigenvalue weighted by Gasteiger charge is -2.26. The Bertz CT molecular complexity index is 245. The fraction of sp³-hybridized carbons (Fsp3) is 0.750. The van der Waals surface area contributed by atoms with Crippen molar-refractivity contribution in [1.82, 2.24) is 0 Å². The van der Waals surface area contributed by atoms with E-state index in [2.05, 4.69) is 4.52 Å². The van der Waals surface area contributed by atoms with Crippen LogP contribution in [-0.2, 0) is 13.9 Å². The number of phosphoric ester groups is 1. The van der Waals surface area contributed by atoms with Crippen LogP contribution in [0.4, 0.5) is 0 Å². The second-order valence-electron chi connectivity index (χ2n) is 2.45. The molecule has 0 saturated heterocycles. The fourth-order valence-electron chi connectivity index (χ4n) is 0.527. The summed E-state index contributed by atoms with van der Waals surface area (Å²) in [5.74, 6) is -4.26. The number of rotatable bonds is 4. The van der Waals surface area contributed by atoms with E-state index < -0.39 is 25.6 Å². The summed E-state index contributed by atoms with van der Waals surface area (Å²) in [6.07, 6.45) is 0. The first kappa shape index (κ1) is 12.5. The summed E-state index contributed by atoms with van der Waals surface area (Å²) in [6.45, 7) is 0.741. The molecule has 0 aliphatic rings. The zero-order chi connectivity index (χ0) is 10.9. The Labute approximate surface area is 73.2 Å². The third-order valence-electron chi connectivity index (χ3n) is 1.15. The van der Waals surface area contributed by atoms with Gasteiger partial charge in [-0.15, -0.1) is 0 Å². The van der Waals surface area contributed by atoms with Crippen LogP contribution >= 0.6 is 7.82 Å². The standard InChI is InChI=1S/C4H10NO7P/c1-4(8,2(5)3(6)7)12-13(9,10)11/h2,8H,5H2,1H3,(H,6,7)(H2,9,10,11)/t2-,4?/m1/s1. The quantitative estimate of drug-likeness (QED) is 0.272. The minimum Gasteiger partial charge on any atom is -0.480 e. The lowest BCUT2D eigenvalue weighted by Crippen LogP contribution is -2.52. The molecule has 0 spiro atoms. The maximum Gasteiger partial charge on any atom is 0.472 e. The number of carbonyl (C=O) groups is 1. The lowest BCUT2D eigenvalue weighted by molar-refractivity contribution is -0.174. The number of phosphoric acid groups is 1. The van der Waals surface area contributed by atoms with Crippen molar-refractivity contribution >= 4 is 13.8 Å². The normalized spacial score (nSPS) is 19.2. The summed E-state index contributed by atoms with van der Waals surface area (Å²) in [5.41, 5.74) is 4.88. The molecule has 9 heteroatoms. The number of aliphatic carboxylic acids is 1. The second-order valence-corrected chi connectivity index (χ2v) is 3.62. The number of aliphatic hydroxyl groups is 1. The van der Waals surface area contributed by atoms with Crippen LogP contribution in [-0.4, -0.2) is 37.8 Å². The van der Waals surface area contributed by atoms with Gasteiger partial charge < -0.3 is 25.7 Å². The molecule has 13 heavy (non-hydrogen) atoms. The average Bonchev–Trinajstić information content (AvgIpc) is 1.80. The van der Waals surface area contributed by atoms with Gasteiger partial charge in [0.1, 0.15) is 0 Å². The Morgan fingerprint density at radius 3 is 2.23 bits per heavy atom. The summed E-state index contributed by atoms with van der Waals surface area (Å²) in [5, 5.41) is 17.4. The van der Waals surface area contributed by atoms with Gasteiger partial charge >= 0.3 is 13.8 Å². The Kier molecular flexibility index (Phi) is 3.56. The molecule has 8 nitrogen and oxygen atoms in total. The highest BCUT2D eigenvalue weighted by Crippen LogP contribution is 2.41. The van der Waals surface area contributed by atoms with Gasteiger partial charge in [-0.25, -0.2) is 4.57 Å². The van der Waals surface area contributed by atoms with Crippen LogP contribution < -0.4 is 5.73 Å². The minimum absolute atomic E-state index is 0.741. The molecule has 1 unspecified atom stereocenters. The lowest BCUT2D eigenvalue weighted by atomic mass is 10.1. The van der Waals surface area contributed by atoms with Crippen molar-refractivity contribution in [2.45, 2.75) is 18.8 Å². The predicted octanol–water partition coefficient (Wildman–Crippen LogP) is -1.78. The molecule has 0 aliphatic heterocycles. The SMILES string of the molecule is CC(O)(OP(=O)(O)O)[C@H](N)C(=O)O. The highest BCUT2D eigenvalue weighted by atomic mass is 31.2. The second kappa shape index (κ2) is 3.70. The van der Waals surface area contributed by atoms with Gasteiger partial charge in [0.2, 0.25) is 0 Å². The van der Waals surface area contributed by atoms with Crippen molar-refractivity contribution in [2.75, 3.05) is 0 Å². The molecular formula is C4H10NO7P. The highest BCUT2D eigenvalue weighted by molar-refractivity contribution is 7.46. The Balaban J connectivity index is 4.58. The molecule has 2 atom stereocenters. The third kappa shape index (κ3) is 4.32. The van der Waals surface area contributed by atoms with E-state index in [4.69, 9.17) is 25.7 Å². The zero-order valence-corrected chi connectivity index (χ0v) is 7.51. The van der Waals surface area contributed by atoms with E-state index >= 15 is 0 Å². The first-order valence-corrected chi connectivity index (χ1v) is 4.56. The topological polar surface area (TPSA) is 150 Å². The van der Waals surface area contributed by atoms with E-state index in [1.807, 2.05) is 0 Å². The molecule has 78 valence electrons. The van der Waals surface area contributed by atoms with E-state index in [-0.39, 0.29) is 0 Å². The van der Waals surface area contributed by atoms with Crippen LogP contribution in [0.15, 0.2) is 0 Å². The smallest absolute Gasteiger partial charge is 0.472 e. The monoisotopic (exact) mass is 215 g/mol. The summed E-state index contributed by atoms with van der Waals surface area (Å²) in [4.78, 5) is 26.7. The van der Waals surface area contributed by atoms with Gasteiger partial charge in [0, 0.05) is 0 Å². The largest absolute Gasteiger partial charge is 0.480 e. The fourth-order valence-corrected chi connectivity index (χ4v) is 1.12. The predicted molar refractivity (Wildman–Crippen MR) is 39.4 cm³/mol. The van der Waals surface area contributed by atoms with Crippen LogP contribution in [0.1, 0.15) is 6.92 Å². The number of hydrogen-bond donors (Lipinski definition) is 5. The number of carboxylic acid groups (broad SMARTS) is 1. The van der Waals surface area contributed by atoms with E-state index in [0.717, 1.165) is 6.92 Å². The van der Waals surface area contributed by atoms with Gasteiger partial charge in [-0.1, -0.05) is 0 Å². The Morgan fingerprint density at radius 2 is 2.00 bits per heavy atom. The van der Waals surface area contributed by atoms with Crippen LogP contribution in [0, 0.1) is 0 Å². The molecule has 6 N–H and O–H groups in total. The molecule has 0 radical (unpaired) electrons. The van der Waals surface area contributed by atoms with Crippen LogP contribution in [0.5, 0.6) is 0 Å². The highest BCUT2D eigenvalue weighted by Gasteiger charge is 2.41. The van der Waals surface area contributed by atoms with Gasteiger partial charge in [0.15, 0.2) is 11.8 Å². The molecular weight excluding hydrogens is 205 g/mol. The van der Waals surface area contributed by atoms with Crippen LogP contribution in [0.3, 0.4) is 0 Å². The van der Waals surface area contributed by atoms with Crippen LogP contribution in [0.2, 0.25) is 0 Å². The molecule has 0 bridgehead atoms. The maximum absolute atomic E-state index is 10.2. The van der Waals surface area contributed by atoms with Gasteiger partial charge in [0.25, 0.3) is 0 Å².